The lowest BCUT2D eigenvalue weighted by Gasteiger charge is -2.40. The summed E-state index contributed by atoms with van der Waals surface area (Å²) in [7, 11) is -0.860. The summed E-state index contributed by atoms with van der Waals surface area (Å²) in [5, 5.41) is 96.0. The third-order valence-electron chi connectivity index (χ3n) is 17.3. The third-order valence-corrected chi connectivity index (χ3v) is 18.8. The smallest absolute Gasteiger partial charge is 0.262 e. The maximum Gasteiger partial charge on any atom is 0.262 e. The fourth-order valence-corrected chi connectivity index (χ4v) is 13.3. The minimum atomic E-state index is -4.52. The van der Waals surface area contributed by atoms with Crippen molar-refractivity contribution in [3.8, 4) is 34.7 Å². The van der Waals surface area contributed by atoms with Gasteiger partial charge < -0.3 is 74.7 Å². The normalized spacial score (nSPS) is 25.0. The average Bonchev–Trinajstić information content (AvgIpc) is 2.28. The Morgan fingerprint density at radius 3 is 1.45 bits per heavy atom. The van der Waals surface area contributed by atoms with Crippen LogP contribution in [0, 0.1) is 22.7 Å². The Morgan fingerprint density at radius 2 is 1.00 bits per heavy atom. The number of fused-ring (bicyclic) bond motifs is 2. The Morgan fingerprint density at radius 1 is 0.573 bits per heavy atom. The number of nitriles is 2. The molecule has 24 heteroatoms. The van der Waals surface area contributed by atoms with Crippen molar-refractivity contribution in [3.05, 3.63) is 119 Å². The van der Waals surface area contributed by atoms with Gasteiger partial charge in [-0.3, -0.25) is 14.6 Å². The maximum absolute atomic E-state index is 13.3. The van der Waals surface area contributed by atoms with Crippen LogP contribution in [-0.2, 0) is 47.9 Å². The van der Waals surface area contributed by atoms with E-state index >= 15 is 0 Å². The first-order chi connectivity index (χ1) is 42.7. The first kappa shape index (κ1) is 66.3. The summed E-state index contributed by atoms with van der Waals surface area (Å²) in [5.74, 6) is -0.776. The Hall–Kier alpha value is -7.08. The molecule has 476 valence electrons. The van der Waals surface area contributed by atoms with Gasteiger partial charge in [0.25, 0.3) is 15.9 Å². The second-order valence-corrected chi connectivity index (χ2v) is 24.5. The highest BCUT2D eigenvalue weighted by atomic mass is 32.2. The summed E-state index contributed by atoms with van der Waals surface area (Å²) in [6, 6.07) is 33.2. The molecule has 6 aromatic rings. The SMILES string of the molecule is CC[C@H]1OC(O)C(NC(=O)/C(C#N)=C(\C)c2ccc(-c3ccc4cc(NCCN5CCOCC5)ccc4c3)n2C)[C@@H](O)[C@@H]1O.CC[C@H]1OC(O)C(NS(=O)(=O)/C(C#N)=C(\C)c2ccc(-c3ccc4cc(NCCN5CCOCC5)ccc4c3)n2C)[C@@H](O)[C@@H]1O. The second-order valence-electron chi connectivity index (χ2n) is 22.9. The van der Waals surface area contributed by atoms with Crippen molar-refractivity contribution in [2.24, 2.45) is 14.1 Å². The molecule has 0 bridgehead atoms. The van der Waals surface area contributed by atoms with E-state index in [9.17, 15) is 54.4 Å². The molecule has 10 N–H and O–H groups in total. The Bertz CT molecular complexity index is 3730. The molecule has 4 fully saturated rings. The van der Waals surface area contributed by atoms with Crippen LogP contribution in [0.2, 0.25) is 0 Å². The first-order valence-electron chi connectivity index (χ1n) is 30.2. The summed E-state index contributed by atoms with van der Waals surface area (Å²) in [6.45, 7) is 17.3. The fraction of sp³-hybridized carbons (Fsp3) is 0.462. The predicted octanol–water partition coefficient (Wildman–Crippen LogP) is 4.20. The summed E-state index contributed by atoms with van der Waals surface area (Å²) < 4.78 is 54.0. The molecule has 0 aliphatic carbocycles. The predicted molar refractivity (Wildman–Crippen MR) is 339 cm³/mol. The molecule has 0 spiro atoms. The second kappa shape index (κ2) is 29.7. The van der Waals surface area contributed by atoms with Crippen molar-refractivity contribution in [2.45, 2.75) is 102 Å². The van der Waals surface area contributed by atoms with E-state index in [1.54, 1.807) is 40.0 Å². The van der Waals surface area contributed by atoms with Gasteiger partial charge in [0.2, 0.25) is 0 Å². The first-order valence-corrected chi connectivity index (χ1v) is 31.7. The number of allylic oxidation sites excluding steroid dienone is 3. The molecule has 4 aromatic carbocycles. The van der Waals surface area contributed by atoms with Crippen LogP contribution < -0.4 is 20.7 Å². The lowest BCUT2D eigenvalue weighted by Crippen LogP contribution is -2.63. The van der Waals surface area contributed by atoms with Crippen molar-refractivity contribution >= 4 is 60.0 Å². The minimum Gasteiger partial charge on any atom is -0.388 e. The summed E-state index contributed by atoms with van der Waals surface area (Å²) in [4.78, 5) is 17.3. The van der Waals surface area contributed by atoms with Gasteiger partial charge in [-0.1, -0.05) is 50.2 Å². The molecule has 0 saturated carbocycles. The molecule has 0 radical (unpaired) electrons. The maximum atomic E-state index is 13.3. The number of carbonyl (C=O) groups excluding carboxylic acids is 1. The molecule has 23 nitrogen and oxygen atoms in total. The highest BCUT2D eigenvalue weighted by Gasteiger charge is 2.46. The van der Waals surface area contributed by atoms with Crippen LogP contribution in [0.25, 0.3) is 55.2 Å². The zero-order chi connectivity index (χ0) is 63.7. The van der Waals surface area contributed by atoms with E-state index in [1.165, 1.54) is 6.92 Å². The van der Waals surface area contributed by atoms with Crippen LogP contribution in [0.3, 0.4) is 0 Å². The van der Waals surface area contributed by atoms with Crippen LogP contribution in [0.15, 0.2) is 108 Å². The highest BCUT2D eigenvalue weighted by molar-refractivity contribution is 7.93. The molecule has 2 aromatic heterocycles. The molecule has 1 amide bonds. The molecule has 4 saturated heterocycles. The average molecular weight is 1240 g/mol. The number of hydrogen-bond donors (Lipinski definition) is 10. The number of nitrogens with zero attached hydrogens (tertiary/aromatic N) is 6. The number of rotatable bonds is 19. The number of hydrogen-bond acceptors (Lipinski definition) is 19. The van der Waals surface area contributed by atoms with Gasteiger partial charge in [0.15, 0.2) is 17.5 Å². The zero-order valence-corrected chi connectivity index (χ0v) is 51.9. The number of amides is 1. The number of nitrogens with one attached hydrogen (secondary N) is 4. The number of benzene rings is 4. The van der Waals surface area contributed by atoms with Crippen LogP contribution in [-0.4, -0.2) is 204 Å². The van der Waals surface area contributed by atoms with E-state index < -0.39 is 82.1 Å². The van der Waals surface area contributed by atoms with Crippen molar-refractivity contribution in [1.82, 2.24) is 29.0 Å². The van der Waals surface area contributed by atoms with Gasteiger partial charge in [0, 0.05) is 106 Å². The van der Waals surface area contributed by atoms with E-state index in [0.29, 0.717) is 29.8 Å². The standard InChI is InChI=1S/C33H41N5O6.C32H41N5O7S/c1-4-28-30(39)31(40)29(33(42)44-28)36-32(41)25(19-34)20(2)26-9-10-27(37(26)3)23-6-5-22-18-24(8-7-21(22)17-23)35-11-12-38-13-15-43-16-14-38;1-4-27-30(38)31(39)29(32(40)44-27)35-45(41,42)28(19-33)20(2)25-9-10-26(36(25)3)23-6-5-22-18-24(8-7-21(22)17-23)34-11-12-37-13-15-43-16-14-37/h5-10,17-18,28-31,33,35,39-40,42H,4,11-16H2,1-3H3,(H,36,41);5-10,17-18,27,29-32,34-35,38-40H,4,11-16H2,1-3H3/b25-20+;28-20+/t28-,29?,30-,31-,33?;27-,29?,30-,31-,32?/m11/s1. The van der Waals surface area contributed by atoms with Crippen molar-refractivity contribution in [3.63, 3.8) is 0 Å². The van der Waals surface area contributed by atoms with Crippen LogP contribution >= 0.6 is 0 Å². The monoisotopic (exact) mass is 1240 g/mol. The largest absolute Gasteiger partial charge is 0.388 e. The van der Waals surface area contributed by atoms with E-state index in [4.69, 9.17) is 18.9 Å². The number of morpholine rings is 2. The molecule has 4 aliphatic rings. The molecule has 10 rings (SSSR count). The molecule has 89 heavy (non-hydrogen) atoms. The van der Waals surface area contributed by atoms with Crippen LogP contribution in [0.4, 0.5) is 11.4 Å². The minimum absolute atomic E-state index is 0.170. The number of aliphatic hydroxyl groups is 6. The van der Waals surface area contributed by atoms with Crippen LogP contribution in [0.1, 0.15) is 51.9 Å². The summed E-state index contributed by atoms with van der Waals surface area (Å²) in [6.07, 6.45) is -9.97. The summed E-state index contributed by atoms with van der Waals surface area (Å²) in [5.41, 5.74) is 7.36. The van der Waals surface area contributed by atoms with E-state index in [1.807, 2.05) is 52.6 Å². The van der Waals surface area contributed by atoms with Gasteiger partial charge in [-0.15, -0.1) is 0 Å². The third kappa shape index (κ3) is 15.2. The lowest BCUT2D eigenvalue weighted by molar-refractivity contribution is -0.247. The highest BCUT2D eigenvalue weighted by Crippen LogP contribution is 2.34. The van der Waals surface area contributed by atoms with Crippen LogP contribution in [0.5, 0.6) is 0 Å². The van der Waals surface area contributed by atoms with Crippen molar-refractivity contribution < 1.29 is 62.8 Å². The fourth-order valence-electron chi connectivity index (χ4n) is 12.0. The Balaban J connectivity index is 0.000000211. The Labute approximate surface area is 519 Å². The zero-order valence-electron chi connectivity index (χ0n) is 51.0. The number of carbonyl (C=O) groups is 1. The van der Waals surface area contributed by atoms with E-state index in [-0.39, 0.29) is 11.1 Å². The van der Waals surface area contributed by atoms with Crippen molar-refractivity contribution in [2.75, 3.05) is 89.4 Å². The number of ether oxygens (including phenoxy) is 4. The molecular formula is C65H82N10O13S. The van der Waals surface area contributed by atoms with Gasteiger partial charge in [-0.25, -0.2) is 8.42 Å². The van der Waals surface area contributed by atoms with Gasteiger partial charge in [-0.05, 0) is 126 Å². The van der Waals surface area contributed by atoms with Gasteiger partial charge >= 0.3 is 0 Å². The van der Waals surface area contributed by atoms with E-state index in [0.717, 1.165) is 134 Å². The lowest BCUT2D eigenvalue weighted by atomic mass is 9.95. The molecular weight excluding hydrogens is 1160 g/mol. The van der Waals surface area contributed by atoms with E-state index in [2.05, 4.69) is 91.1 Å². The summed E-state index contributed by atoms with van der Waals surface area (Å²) >= 11 is 0. The molecule has 6 heterocycles. The number of sulfonamides is 1. The van der Waals surface area contributed by atoms with Gasteiger partial charge in [-0.2, -0.15) is 15.2 Å². The quantitative estimate of drug-likeness (QED) is 0.0401. The molecule has 10 atom stereocenters. The number of anilines is 2. The number of aliphatic hydroxyl groups excluding tert-OH is 6. The van der Waals surface area contributed by atoms with Gasteiger partial charge in [0.1, 0.15) is 54.2 Å². The molecule has 4 unspecified atom stereocenters. The Kier molecular flexibility index (Phi) is 22.1. The number of aromatic nitrogens is 2. The van der Waals surface area contributed by atoms with Gasteiger partial charge in [0.05, 0.1) is 38.6 Å². The topological polar surface area (TPSA) is 322 Å². The molecule has 4 aliphatic heterocycles. The van der Waals surface area contributed by atoms with Crippen molar-refractivity contribution in [1.29, 1.82) is 10.5 Å².